The first kappa shape index (κ1) is 18.2. The average molecular weight is 372 g/mol. The fourth-order valence-electron chi connectivity index (χ4n) is 3.74. The van der Waals surface area contributed by atoms with E-state index in [0.29, 0.717) is 17.9 Å². The highest BCUT2D eigenvalue weighted by molar-refractivity contribution is 5.94. The molecule has 0 radical (unpaired) electrons. The number of para-hydroxylation sites is 1. The van der Waals surface area contributed by atoms with Crippen LogP contribution in [-0.4, -0.2) is 46.5 Å². The molecule has 1 fully saturated rings. The first-order valence-electron chi connectivity index (χ1n) is 9.62. The van der Waals surface area contributed by atoms with E-state index in [-0.39, 0.29) is 11.9 Å². The first-order valence-corrected chi connectivity index (χ1v) is 9.62. The minimum Gasteiger partial charge on any atom is -0.367 e. The third-order valence-electron chi connectivity index (χ3n) is 5.28. The Labute approximate surface area is 165 Å². The molecule has 1 saturated heterocycles. The molecule has 2 aromatic carbocycles. The van der Waals surface area contributed by atoms with Crippen LogP contribution in [0.5, 0.6) is 0 Å². The van der Waals surface area contributed by atoms with Crippen molar-refractivity contribution in [2.45, 2.75) is 19.9 Å². The molecule has 0 unspecified atom stereocenters. The summed E-state index contributed by atoms with van der Waals surface area (Å²) in [5.41, 5.74) is 3.99. The number of hydrogen-bond acceptors (Lipinski definition) is 4. The zero-order chi connectivity index (χ0) is 19.5. The predicted octanol–water partition coefficient (Wildman–Crippen LogP) is 3.80. The molecule has 2 heterocycles. The lowest BCUT2D eigenvalue weighted by Crippen LogP contribution is -2.54. The minimum absolute atomic E-state index is 0.00320. The van der Waals surface area contributed by atoms with Gasteiger partial charge in [0.2, 0.25) is 0 Å². The number of carbonyl (C=O) groups is 1. The third-order valence-corrected chi connectivity index (χ3v) is 5.28. The molecule has 1 atom stereocenters. The van der Waals surface area contributed by atoms with Crippen LogP contribution in [0.15, 0.2) is 67.0 Å². The standard InChI is InChI=1S/C23H24N4O/c1-17-8-6-7-11-21(17)26-12-13-27(18(2)16-26)23(28)20-14-24-22(25-15-20)19-9-4-3-5-10-19/h3-11,14-15,18H,12-13,16H2,1-2H3/t18-/m0/s1. The lowest BCUT2D eigenvalue weighted by Gasteiger charge is -2.41. The van der Waals surface area contributed by atoms with E-state index in [0.717, 1.165) is 18.7 Å². The van der Waals surface area contributed by atoms with Gasteiger partial charge in [0.15, 0.2) is 5.82 Å². The molecular weight excluding hydrogens is 348 g/mol. The molecule has 28 heavy (non-hydrogen) atoms. The SMILES string of the molecule is Cc1ccccc1N1CCN(C(=O)c2cnc(-c3ccccc3)nc2)[C@@H](C)C1. The summed E-state index contributed by atoms with van der Waals surface area (Å²) in [6, 6.07) is 18.3. The Morgan fingerprint density at radius 3 is 2.32 bits per heavy atom. The van der Waals surface area contributed by atoms with Crippen LogP contribution >= 0.6 is 0 Å². The van der Waals surface area contributed by atoms with Crippen molar-refractivity contribution in [2.75, 3.05) is 24.5 Å². The van der Waals surface area contributed by atoms with Crippen LogP contribution in [0.4, 0.5) is 5.69 Å². The Hall–Kier alpha value is -3.21. The van der Waals surface area contributed by atoms with Gasteiger partial charge in [-0.05, 0) is 25.5 Å². The second-order valence-corrected chi connectivity index (χ2v) is 7.24. The maximum atomic E-state index is 13.0. The fraction of sp³-hybridized carbons (Fsp3) is 0.261. The maximum Gasteiger partial charge on any atom is 0.257 e. The summed E-state index contributed by atoms with van der Waals surface area (Å²) in [6.45, 7) is 6.56. The maximum absolute atomic E-state index is 13.0. The largest absolute Gasteiger partial charge is 0.367 e. The predicted molar refractivity (Wildman–Crippen MR) is 111 cm³/mol. The lowest BCUT2D eigenvalue weighted by molar-refractivity contribution is 0.0673. The van der Waals surface area contributed by atoms with Gasteiger partial charge >= 0.3 is 0 Å². The van der Waals surface area contributed by atoms with E-state index in [1.807, 2.05) is 35.2 Å². The van der Waals surface area contributed by atoms with Crippen LogP contribution < -0.4 is 4.90 Å². The average Bonchev–Trinajstić information content (AvgIpc) is 2.74. The van der Waals surface area contributed by atoms with Gasteiger partial charge in [0, 0.05) is 49.3 Å². The molecule has 0 saturated carbocycles. The fourth-order valence-corrected chi connectivity index (χ4v) is 3.74. The molecule has 4 rings (SSSR count). The molecule has 0 bridgehead atoms. The van der Waals surface area contributed by atoms with Crippen molar-refractivity contribution in [1.29, 1.82) is 0 Å². The van der Waals surface area contributed by atoms with E-state index in [4.69, 9.17) is 0 Å². The Morgan fingerprint density at radius 1 is 0.964 bits per heavy atom. The molecule has 1 amide bonds. The van der Waals surface area contributed by atoms with Crippen molar-refractivity contribution in [3.05, 3.63) is 78.1 Å². The smallest absolute Gasteiger partial charge is 0.257 e. The molecule has 1 aromatic heterocycles. The molecule has 142 valence electrons. The van der Waals surface area contributed by atoms with Crippen LogP contribution in [-0.2, 0) is 0 Å². The molecule has 5 heteroatoms. The van der Waals surface area contributed by atoms with Crippen molar-refractivity contribution in [3.63, 3.8) is 0 Å². The summed E-state index contributed by atoms with van der Waals surface area (Å²) >= 11 is 0. The van der Waals surface area contributed by atoms with E-state index in [9.17, 15) is 4.79 Å². The van der Waals surface area contributed by atoms with E-state index >= 15 is 0 Å². The third kappa shape index (κ3) is 3.60. The number of carbonyl (C=O) groups excluding carboxylic acids is 1. The molecular formula is C23H24N4O. The van der Waals surface area contributed by atoms with Crippen LogP contribution in [0.3, 0.4) is 0 Å². The number of rotatable bonds is 3. The van der Waals surface area contributed by atoms with Crippen molar-refractivity contribution < 1.29 is 4.79 Å². The zero-order valence-electron chi connectivity index (χ0n) is 16.2. The van der Waals surface area contributed by atoms with Gasteiger partial charge in [0.05, 0.1) is 5.56 Å². The number of aromatic nitrogens is 2. The van der Waals surface area contributed by atoms with Crippen LogP contribution in [0.1, 0.15) is 22.8 Å². The quantitative estimate of drug-likeness (QED) is 0.702. The Bertz CT molecular complexity index is 956. The molecule has 1 aliphatic heterocycles. The summed E-state index contributed by atoms with van der Waals surface area (Å²) in [7, 11) is 0. The van der Waals surface area contributed by atoms with Gasteiger partial charge in [-0.3, -0.25) is 4.79 Å². The van der Waals surface area contributed by atoms with Crippen LogP contribution in [0, 0.1) is 6.92 Å². The summed E-state index contributed by atoms with van der Waals surface area (Å²) in [4.78, 5) is 26.1. The normalized spacial score (nSPS) is 16.9. The second kappa shape index (κ2) is 7.80. The lowest BCUT2D eigenvalue weighted by atomic mass is 10.1. The highest BCUT2D eigenvalue weighted by Gasteiger charge is 2.29. The Balaban J connectivity index is 1.46. The molecule has 0 spiro atoms. The number of amides is 1. The van der Waals surface area contributed by atoms with Crippen molar-refractivity contribution in [3.8, 4) is 11.4 Å². The summed E-state index contributed by atoms with van der Waals surface area (Å²) in [5.74, 6) is 0.631. The topological polar surface area (TPSA) is 49.3 Å². The zero-order valence-corrected chi connectivity index (χ0v) is 16.2. The highest BCUT2D eigenvalue weighted by Crippen LogP contribution is 2.24. The highest BCUT2D eigenvalue weighted by atomic mass is 16.2. The first-order chi connectivity index (χ1) is 13.6. The number of anilines is 1. The number of piperazine rings is 1. The monoisotopic (exact) mass is 372 g/mol. The molecule has 5 nitrogen and oxygen atoms in total. The van der Waals surface area contributed by atoms with Gasteiger partial charge in [0.25, 0.3) is 5.91 Å². The van der Waals surface area contributed by atoms with Gasteiger partial charge in [-0.25, -0.2) is 9.97 Å². The van der Waals surface area contributed by atoms with Gasteiger partial charge in [0.1, 0.15) is 0 Å². The van der Waals surface area contributed by atoms with Gasteiger partial charge < -0.3 is 9.80 Å². The molecule has 1 aliphatic rings. The van der Waals surface area contributed by atoms with E-state index < -0.39 is 0 Å². The van der Waals surface area contributed by atoms with Crippen molar-refractivity contribution in [2.24, 2.45) is 0 Å². The summed E-state index contributed by atoms with van der Waals surface area (Å²) in [5, 5.41) is 0. The number of nitrogens with zero attached hydrogens (tertiary/aromatic N) is 4. The molecule has 0 N–H and O–H groups in total. The Kier molecular flexibility index (Phi) is 5.06. The molecule has 0 aliphatic carbocycles. The van der Waals surface area contributed by atoms with Crippen LogP contribution in [0.2, 0.25) is 0 Å². The second-order valence-electron chi connectivity index (χ2n) is 7.24. The van der Waals surface area contributed by atoms with Gasteiger partial charge in [-0.2, -0.15) is 0 Å². The number of aryl methyl sites for hydroxylation is 1. The Morgan fingerprint density at radius 2 is 1.64 bits per heavy atom. The van der Waals surface area contributed by atoms with Gasteiger partial charge in [-0.1, -0.05) is 48.5 Å². The summed E-state index contributed by atoms with van der Waals surface area (Å²) in [6.07, 6.45) is 3.27. The number of benzene rings is 2. The van der Waals surface area contributed by atoms with E-state index in [1.54, 1.807) is 12.4 Å². The van der Waals surface area contributed by atoms with Crippen LogP contribution in [0.25, 0.3) is 11.4 Å². The van der Waals surface area contributed by atoms with Crippen molar-refractivity contribution >= 4 is 11.6 Å². The van der Waals surface area contributed by atoms with E-state index in [1.165, 1.54) is 11.3 Å². The van der Waals surface area contributed by atoms with Crippen molar-refractivity contribution in [1.82, 2.24) is 14.9 Å². The minimum atomic E-state index is -0.00320. The number of hydrogen-bond donors (Lipinski definition) is 0. The summed E-state index contributed by atoms with van der Waals surface area (Å²) < 4.78 is 0. The molecule has 3 aromatic rings. The van der Waals surface area contributed by atoms with E-state index in [2.05, 4.69) is 53.0 Å². The van der Waals surface area contributed by atoms with Gasteiger partial charge in [-0.15, -0.1) is 0 Å².